The Labute approximate surface area is 516 Å². The molecule has 88 heavy (non-hydrogen) atoms. The van der Waals surface area contributed by atoms with E-state index in [1.807, 2.05) is 97.2 Å². The first kappa shape index (κ1) is 60.9. The lowest BCUT2D eigenvalue weighted by Crippen LogP contribution is -2.37. The number of pyridine rings is 3. The zero-order chi connectivity index (χ0) is 61.8. The van der Waals surface area contributed by atoms with Crippen LogP contribution in [0.5, 0.6) is 17.2 Å². The van der Waals surface area contributed by atoms with Crippen LogP contribution in [0.1, 0.15) is 79.6 Å². The topological polar surface area (TPSA) is 251 Å². The highest BCUT2D eigenvalue weighted by Gasteiger charge is 2.32. The van der Waals surface area contributed by atoms with Crippen LogP contribution in [0.25, 0.3) is 66.1 Å². The molecular weight excluding hydrogens is 1160 g/mol. The van der Waals surface area contributed by atoms with Gasteiger partial charge in [-0.25, -0.2) is 24.5 Å². The molecule has 0 saturated heterocycles. The summed E-state index contributed by atoms with van der Waals surface area (Å²) in [4.78, 5) is 63.6. The zero-order valence-electron chi connectivity index (χ0n) is 48.4. The van der Waals surface area contributed by atoms with Crippen molar-refractivity contribution < 1.29 is 43.6 Å². The maximum Gasteiger partial charge on any atom is 0.336 e. The number of nitrogens with two attached hydrogens (primary N) is 1. The number of aromatic carboxylic acids is 2. The molecule has 12 rings (SSSR count). The van der Waals surface area contributed by atoms with E-state index in [1.165, 1.54) is 24.3 Å². The van der Waals surface area contributed by atoms with Crippen molar-refractivity contribution in [1.82, 2.24) is 39.7 Å². The average molecular weight is 1220 g/mol. The number of ether oxygens (including phenoxy) is 3. The van der Waals surface area contributed by atoms with E-state index in [0.29, 0.717) is 35.1 Å². The summed E-state index contributed by atoms with van der Waals surface area (Å²) in [5.41, 5.74) is 15.4. The number of unbranched alkanes of at least 4 members (excludes halogenated alkanes) is 2. The van der Waals surface area contributed by atoms with Gasteiger partial charge in [0.05, 0.1) is 60.1 Å². The molecule has 0 bridgehead atoms. The highest BCUT2D eigenvalue weighted by atomic mass is 35.5. The molecule has 1 fully saturated rings. The Kier molecular flexibility index (Phi) is 19.3. The molecule has 1 saturated carbocycles. The third-order valence-corrected chi connectivity index (χ3v) is 15.9. The van der Waals surface area contributed by atoms with E-state index >= 15 is 0 Å². The van der Waals surface area contributed by atoms with Crippen molar-refractivity contribution in [1.29, 1.82) is 0 Å². The quantitative estimate of drug-likeness (QED) is 0.0326. The molecule has 6 aromatic heterocycles. The van der Waals surface area contributed by atoms with Crippen molar-refractivity contribution in [2.75, 3.05) is 40.2 Å². The summed E-state index contributed by atoms with van der Waals surface area (Å²) in [6.07, 6.45) is 16.0. The summed E-state index contributed by atoms with van der Waals surface area (Å²) in [7, 11) is 4.96. The molecule has 11 aromatic rings. The molecule has 5 aromatic carbocycles. The van der Waals surface area contributed by atoms with Crippen LogP contribution >= 0.6 is 23.2 Å². The highest BCUT2D eigenvalue weighted by molar-refractivity contribution is 6.30. The summed E-state index contributed by atoms with van der Waals surface area (Å²) in [5, 5.41) is 28.3. The summed E-state index contributed by atoms with van der Waals surface area (Å²) < 4.78 is 20.4. The average Bonchev–Trinajstić information content (AvgIpc) is 2.74. The number of anilines is 1. The SMILES string of the molecule is COc1cccc(-c2c[nH]c3cc(N)ncc23)c1.COc1cccc(-c2cn(C3CC(CNC(=O)c4ccccc4C(=O)O)C3)c3cc(Cl)ncc23)c1.COc1cccc(-c2cn(CCCCCNC(=O)c3ccccc3C(=O)O)c3cc(Cl)ncc23)c1. The normalized spacial score (nSPS) is 13.3. The van der Waals surface area contributed by atoms with E-state index in [-0.39, 0.29) is 40.1 Å². The number of carbonyl (C=O) groups excluding carboxylic acids is 2. The van der Waals surface area contributed by atoms with Crippen LogP contribution in [0.4, 0.5) is 5.82 Å². The van der Waals surface area contributed by atoms with E-state index in [0.717, 1.165) is 122 Å². The molecule has 448 valence electrons. The first-order valence-corrected chi connectivity index (χ1v) is 29.1. The third kappa shape index (κ3) is 14.1. The van der Waals surface area contributed by atoms with Crippen LogP contribution in [-0.2, 0) is 6.54 Å². The molecule has 2 amide bonds. The molecule has 20 heteroatoms. The molecule has 18 nitrogen and oxygen atoms in total. The molecule has 1 aliphatic carbocycles. The van der Waals surface area contributed by atoms with Crippen LogP contribution in [0.15, 0.2) is 177 Å². The summed E-state index contributed by atoms with van der Waals surface area (Å²) >= 11 is 12.4. The number of hydrogen-bond acceptors (Lipinski definition) is 11. The predicted octanol–water partition coefficient (Wildman–Crippen LogP) is 13.9. The van der Waals surface area contributed by atoms with Crippen molar-refractivity contribution in [3.63, 3.8) is 0 Å². The number of aromatic amines is 1. The fourth-order valence-corrected chi connectivity index (χ4v) is 11.2. The van der Waals surface area contributed by atoms with Gasteiger partial charge in [-0.05, 0) is 128 Å². The first-order valence-electron chi connectivity index (χ1n) is 28.4. The Hall–Kier alpha value is -10.2. The number of nitrogen functional groups attached to an aromatic ring is 1. The molecule has 0 radical (unpaired) electrons. The Morgan fingerprint density at radius 3 is 1.64 bits per heavy atom. The van der Waals surface area contributed by atoms with E-state index in [1.54, 1.807) is 64.2 Å². The Morgan fingerprint density at radius 2 is 1.08 bits per heavy atom. The van der Waals surface area contributed by atoms with Gasteiger partial charge in [-0.1, -0.05) is 83.9 Å². The Balaban J connectivity index is 0.000000153. The van der Waals surface area contributed by atoms with Crippen molar-refractivity contribution in [2.24, 2.45) is 5.92 Å². The van der Waals surface area contributed by atoms with Crippen molar-refractivity contribution >= 4 is 85.5 Å². The summed E-state index contributed by atoms with van der Waals surface area (Å²) in [5.74, 6) is 0.271. The number of methoxy groups -OCH3 is 3. The minimum atomic E-state index is -1.11. The van der Waals surface area contributed by atoms with Crippen LogP contribution in [0, 0.1) is 5.92 Å². The molecule has 1 aliphatic rings. The van der Waals surface area contributed by atoms with Gasteiger partial charge in [0.15, 0.2) is 0 Å². The van der Waals surface area contributed by atoms with Crippen LogP contribution < -0.4 is 30.6 Å². The van der Waals surface area contributed by atoms with E-state index in [2.05, 4.69) is 52.1 Å². The molecule has 6 heterocycles. The van der Waals surface area contributed by atoms with Gasteiger partial charge < -0.3 is 54.9 Å². The summed E-state index contributed by atoms with van der Waals surface area (Å²) in [6, 6.07) is 42.1. The molecular formula is C68H63Cl2N9O9. The Morgan fingerprint density at radius 1 is 0.580 bits per heavy atom. The van der Waals surface area contributed by atoms with Gasteiger partial charge in [-0.2, -0.15) is 0 Å². The van der Waals surface area contributed by atoms with Crippen LogP contribution in [0.3, 0.4) is 0 Å². The molecule has 0 unspecified atom stereocenters. The minimum absolute atomic E-state index is 0.00415. The second kappa shape index (κ2) is 27.9. The maximum absolute atomic E-state index is 12.6. The fourth-order valence-electron chi connectivity index (χ4n) is 10.9. The first-order chi connectivity index (χ1) is 42.7. The van der Waals surface area contributed by atoms with Crippen LogP contribution in [0.2, 0.25) is 10.3 Å². The number of aromatic nitrogens is 6. The maximum atomic E-state index is 12.6. The number of carboxylic acids is 2. The third-order valence-electron chi connectivity index (χ3n) is 15.5. The molecule has 7 N–H and O–H groups in total. The standard InChI is InChI=1S/C27H24ClN3O4.C27H26ClN3O4.C14H13N3O/c1-35-19-6-4-5-17(11-19)23-15-31(24-12-25(28)29-14-22(23)24)18-9-16(10-18)13-30-26(32)20-7-2-3-8-21(20)27(33)34;1-35-19-9-7-8-18(14-19)23-17-31(24-15-25(28)30-16-22(23)24)13-6-2-5-12-29-26(32)20-10-3-4-11-21(20)27(33)34;1-18-10-4-2-3-9(5-10)11-7-16-13-6-14(15)17-8-12(11)13/h2-8,11-12,14-16,18H,9-10,13H2,1H3,(H,30,32)(H,33,34);3-4,7-11,14-17H,2,5-6,12-13H2,1H3,(H,29,32)(H,33,34);2-8,16H,1H3,(H2,15,17). The van der Waals surface area contributed by atoms with E-state index < -0.39 is 11.9 Å². The van der Waals surface area contributed by atoms with Crippen molar-refractivity contribution in [3.05, 3.63) is 209 Å². The predicted molar refractivity (Wildman–Crippen MR) is 343 cm³/mol. The van der Waals surface area contributed by atoms with Crippen molar-refractivity contribution in [2.45, 2.75) is 44.7 Å². The number of H-pyrrole nitrogens is 1. The summed E-state index contributed by atoms with van der Waals surface area (Å²) in [6.45, 7) is 1.76. The number of nitrogens with zero attached hydrogens (tertiary/aromatic N) is 5. The second-order valence-corrected chi connectivity index (χ2v) is 21.8. The van der Waals surface area contributed by atoms with Gasteiger partial charge in [0.2, 0.25) is 0 Å². The lowest BCUT2D eigenvalue weighted by Gasteiger charge is -2.37. The van der Waals surface area contributed by atoms with E-state index in [9.17, 15) is 29.4 Å². The lowest BCUT2D eigenvalue weighted by atomic mass is 9.80. The number of nitrogens with one attached hydrogen (secondary N) is 3. The monoisotopic (exact) mass is 1220 g/mol. The van der Waals surface area contributed by atoms with Gasteiger partial charge in [0, 0.05) is 102 Å². The number of carbonyl (C=O) groups is 4. The number of fused-ring (bicyclic) bond motifs is 3. The largest absolute Gasteiger partial charge is 0.497 e. The highest BCUT2D eigenvalue weighted by Crippen LogP contribution is 2.43. The second-order valence-electron chi connectivity index (χ2n) is 21.0. The van der Waals surface area contributed by atoms with Crippen molar-refractivity contribution in [3.8, 4) is 50.6 Å². The zero-order valence-corrected chi connectivity index (χ0v) is 49.9. The number of rotatable bonds is 19. The minimum Gasteiger partial charge on any atom is -0.497 e. The molecule has 0 aliphatic heterocycles. The van der Waals surface area contributed by atoms with Gasteiger partial charge in [-0.15, -0.1) is 0 Å². The van der Waals surface area contributed by atoms with Gasteiger partial charge in [0.1, 0.15) is 33.4 Å². The number of hydrogen-bond donors (Lipinski definition) is 6. The smallest absolute Gasteiger partial charge is 0.336 e. The molecule has 0 spiro atoms. The number of carboxylic acid groups (broad SMARTS) is 2. The lowest BCUT2D eigenvalue weighted by molar-refractivity contribution is 0.0682. The Bertz CT molecular complexity index is 4340. The number of benzene rings is 5. The molecule has 0 atom stereocenters. The van der Waals surface area contributed by atoms with Gasteiger partial charge in [0.25, 0.3) is 11.8 Å². The van der Waals surface area contributed by atoms with E-state index in [4.69, 9.17) is 43.1 Å². The van der Waals surface area contributed by atoms with Gasteiger partial charge >= 0.3 is 11.9 Å². The van der Waals surface area contributed by atoms with Gasteiger partial charge in [-0.3, -0.25) is 9.59 Å². The van der Waals surface area contributed by atoms with Crippen LogP contribution in [-0.4, -0.2) is 97.5 Å². The number of amides is 2. The number of aryl methyl sites for hydroxylation is 1. The number of halogens is 2. The fraction of sp³-hybridized carbons (Fsp3) is 0.191.